The number of halogens is 4. The Morgan fingerprint density at radius 1 is 0.500 bits per heavy atom. The number of amides is 4. The largest absolute Gasteiger partial charge is 0.507 e. The maximum Gasteiger partial charge on any atom is 0.330 e. The van der Waals surface area contributed by atoms with Crippen molar-refractivity contribution in [1.82, 2.24) is 79.5 Å². The Hall–Kier alpha value is -11.8. The Kier molecular flexibility index (Phi) is 29.2. The average molecular weight is 2060 g/mol. The van der Waals surface area contributed by atoms with Crippen molar-refractivity contribution >= 4 is 209 Å². The van der Waals surface area contributed by atoms with Gasteiger partial charge in [0.1, 0.15) is 46.4 Å². The fourth-order valence-corrected chi connectivity index (χ4v) is 15.3. The van der Waals surface area contributed by atoms with E-state index in [-0.39, 0.29) is 94.7 Å². The number of aromatic nitrogens is 14. The van der Waals surface area contributed by atoms with Crippen LogP contribution in [0.1, 0.15) is 68.1 Å². The number of hydrogen-bond acceptors (Lipinski definition) is 22. The van der Waals surface area contributed by atoms with Crippen LogP contribution >= 0.6 is 63.7 Å². The van der Waals surface area contributed by atoms with Crippen LogP contribution in [-0.2, 0) is 108 Å². The standard InChI is InChI=1S/2C15H13N3O3.C14H15BrN2O3.C14H14N2O3.C9H9BrN2O.2C8H7BrN2O.CH3.W/c2*1-18-6-8-4-10-11(7-21-13(10)5-12(8)17-18)9-2-3-14(19)16-15(9)20;1-3-19-14(18)5-4-6-20-13-8-12-10(7-11(13)15)9-17(2)16-12;1-3-18-14(17)5-10-8-19-13-6-12-9(4-11(10)13)7-16(2)15-12;1-12-5-6-3-7(10)9(13-2)4-8(6)11-12;1-11-4-5-2-6(9)8(12)3-7(5)10-11;1-12-8-3-7-5(2-6(8)9)4-10-11-7;;/h2*4-7,9H,2-3H2,1H3,(H,16,19,20);4-5,7-9H,3,6H2,1-2H3;4,6-8H,3,5H2,1-2H3;3-5H,1-2H3;2-4,12H,1H3;2-4H,1H3,(H,10,11);1H3;/q;;;;;;;-1;/b;;5-4+;;;;;;. The SMILES string of the molecule is CCOC(=O)/C=C/COc1cc2nn(C)cc2cc1Br.CCOC(=O)Cc1coc2cc3nn(C)cc3cc12.COc1cc2[nH]ncc2cc1Br.COc1cc2nn(C)cc2cc1Br.Cn1cc2cc(Br)c(O)cc2n1.Cn1cc2cc3c(C4CCC(=O)NC4=O)coc3cc2n1.Cn1cc2cc3c(C4CCC(=O)NC4=O)coc3cc2n1.[CH3-].[W]. The number of H-pyrrole nitrogens is 1. The van der Waals surface area contributed by atoms with Gasteiger partial charge < -0.3 is 49.5 Å². The molecule has 4 N–H and O–H groups in total. The van der Waals surface area contributed by atoms with Gasteiger partial charge in [0.25, 0.3) is 0 Å². The number of phenols is 1. The molecule has 10 aromatic heterocycles. The maximum atomic E-state index is 12.0. The number of ether oxygens (including phenoxy) is 5. The van der Waals surface area contributed by atoms with Crippen LogP contribution in [0.5, 0.6) is 23.0 Å². The summed E-state index contributed by atoms with van der Waals surface area (Å²) < 4.78 is 56.2. The van der Waals surface area contributed by atoms with Crippen LogP contribution in [0.3, 0.4) is 0 Å². The van der Waals surface area contributed by atoms with Gasteiger partial charge in [-0.05, 0) is 139 Å². The second-order valence-electron chi connectivity index (χ2n) is 27.3. The molecule has 36 heteroatoms. The summed E-state index contributed by atoms with van der Waals surface area (Å²) >= 11 is 13.5. The van der Waals surface area contributed by atoms with Gasteiger partial charge in [-0.25, -0.2) is 4.79 Å². The number of carbonyl (C=O) groups excluding carboxylic acids is 6. The molecule has 120 heavy (non-hydrogen) atoms. The smallest absolute Gasteiger partial charge is 0.330 e. The first kappa shape index (κ1) is 89.0. The summed E-state index contributed by atoms with van der Waals surface area (Å²) in [6, 6.07) is 26.7. The summed E-state index contributed by atoms with van der Waals surface area (Å²) in [4.78, 5) is 69.2. The number of aromatic hydroxyl groups is 1. The van der Waals surface area contributed by atoms with E-state index in [2.05, 4.69) is 115 Å². The summed E-state index contributed by atoms with van der Waals surface area (Å²) in [5.74, 6) is 0.338. The van der Waals surface area contributed by atoms with E-state index in [9.17, 15) is 33.9 Å². The number of nitrogens with zero attached hydrogens (tertiary/aromatic N) is 13. The zero-order chi connectivity index (χ0) is 83.8. The monoisotopic (exact) mass is 2050 g/mol. The molecule has 2 aliphatic rings. The van der Waals surface area contributed by atoms with Crippen molar-refractivity contribution in [2.45, 2.75) is 57.8 Å². The molecule has 31 nitrogen and oxygen atoms in total. The number of phenolic OH excluding ortho intramolecular Hbond substituents is 1. The second kappa shape index (κ2) is 39.4. The third-order valence-electron chi connectivity index (χ3n) is 18.8. The van der Waals surface area contributed by atoms with Crippen LogP contribution in [0.2, 0.25) is 0 Å². The number of fused-ring (bicyclic) bond motifs is 10. The van der Waals surface area contributed by atoms with Gasteiger partial charge in [0, 0.05) is 232 Å². The topological polar surface area (TPSA) is 368 Å². The zero-order valence-corrected chi connectivity index (χ0v) is 76.0. The molecule has 0 bridgehead atoms. The van der Waals surface area contributed by atoms with Gasteiger partial charge in [-0.1, -0.05) is 0 Å². The molecule has 12 heterocycles. The molecule has 0 saturated carbocycles. The van der Waals surface area contributed by atoms with E-state index in [0.717, 1.165) is 140 Å². The first-order valence-corrected chi connectivity index (χ1v) is 40.0. The van der Waals surface area contributed by atoms with E-state index < -0.39 is 0 Å². The second-order valence-corrected chi connectivity index (χ2v) is 30.7. The molecule has 2 fully saturated rings. The van der Waals surface area contributed by atoms with E-state index in [1.54, 1.807) is 93.3 Å². The van der Waals surface area contributed by atoms with E-state index in [4.69, 9.17) is 36.9 Å². The van der Waals surface area contributed by atoms with E-state index in [0.29, 0.717) is 60.3 Å². The van der Waals surface area contributed by atoms with Crippen molar-refractivity contribution < 1.29 is 91.9 Å². The quantitative estimate of drug-likeness (QED) is 0.0382. The van der Waals surface area contributed by atoms with Gasteiger partial charge in [0.05, 0.1) is 127 Å². The number of benzene rings is 7. The normalized spacial score (nSPS) is 13.7. The molecule has 622 valence electrons. The number of nitrogens with one attached hydrogen (secondary N) is 3. The molecule has 19 rings (SSSR count). The Bertz CT molecular complexity index is 6490. The molecule has 17 aromatic rings. The average Bonchev–Trinajstić information content (AvgIpc) is 1.62. The van der Waals surface area contributed by atoms with Crippen molar-refractivity contribution in [2.24, 2.45) is 42.3 Å². The molecular weight excluding hydrogens is 1980 g/mol. The van der Waals surface area contributed by atoms with Gasteiger partial charge in [0.15, 0.2) is 0 Å². The van der Waals surface area contributed by atoms with Gasteiger partial charge >= 0.3 is 11.9 Å². The van der Waals surface area contributed by atoms with Gasteiger partial charge in [-0.15, -0.1) is 0 Å². The molecule has 0 radical (unpaired) electrons. The number of carbonyl (C=O) groups is 6. The number of imide groups is 2. The number of esters is 2. The fraction of sp³-hybridized carbons (Fsp3) is 0.238. The molecule has 0 spiro atoms. The molecule has 7 aromatic carbocycles. The predicted molar refractivity (Wildman–Crippen MR) is 464 cm³/mol. The van der Waals surface area contributed by atoms with Gasteiger partial charge in [-0.3, -0.25) is 67.8 Å². The molecule has 4 amide bonds. The summed E-state index contributed by atoms with van der Waals surface area (Å²) in [5.41, 5.74) is 10.9. The number of rotatable bonds is 12. The minimum Gasteiger partial charge on any atom is -0.507 e. The zero-order valence-electron chi connectivity index (χ0n) is 66.7. The van der Waals surface area contributed by atoms with Crippen molar-refractivity contribution in [3.8, 4) is 23.0 Å². The minimum atomic E-state index is -0.365. The van der Waals surface area contributed by atoms with E-state index in [1.807, 2.05) is 158 Å². The van der Waals surface area contributed by atoms with Crippen molar-refractivity contribution in [3.63, 3.8) is 0 Å². The Balaban J connectivity index is 0.000000138. The van der Waals surface area contributed by atoms with Crippen LogP contribution in [0.15, 0.2) is 190 Å². The molecule has 2 saturated heterocycles. The molecule has 2 unspecified atom stereocenters. The van der Waals surface area contributed by atoms with Gasteiger partial charge in [0.2, 0.25) is 23.6 Å². The van der Waals surface area contributed by atoms with Crippen LogP contribution < -0.4 is 24.8 Å². The number of aromatic amines is 1. The van der Waals surface area contributed by atoms with Crippen LogP contribution in [0.25, 0.3) is 109 Å². The first-order chi connectivity index (χ1) is 56.7. The number of methoxy groups -OCH3 is 2. The van der Waals surface area contributed by atoms with Gasteiger partial charge in [-0.2, -0.15) is 35.7 Å². The summed E-state index contributed by atoms with van der Waals surface area (Å²) in [6.45, 7) is 4.61. The van der Waals surface area contributed by atoms with E-state index >= 15 is 0 Å². The number of piperidine rings is 2. The molecular formula is C84H81Br4N16O15W-. The Morgan fingerprint density at radius 2 is 0.883 bits per heavy atom. The maximum absolute atomic E-state index is 12.0. The first-order valence-electron chi connectivity index (χ1n) is 36.8. The molecule has 0 aliphatic carbocycles. The van der Waals surface area contributed by atoms with E-state index in [1.165, 1.54) is 6.08 Å². The van der Waals surface area contributed by atoms with Crippen LogP contribution in [-0.4, -0.2) is 144 Å². The third kappa shape index (κ3) is 21.1. The van der Waals surface area contributed by atoms with Crippen LogP contribution in [0.4, 0.5) is 0 Å². The van der Waals surface area contributed by atoms with Crippen molar-refractivity contribution in [1.29, 1.82) is 0 Å². The third-order valence-corrected chi connectivity index (χ3v) is 21.3. The van der Waals surface area contributed by atoms with Crippen molar-refractivity contribution in [2.75, 3.05) is 34.0 Å². The molecule has 2 aliphatic heterocycles. The summed E-state index contributed by atoms with van der Waals surface area (Å²) in [5, 5.41) is 56.7. The van der Waals surface area contributed by atoms with Crippen molar-refractivity contribution in [3.05, 3.63) is 201 Å². The van der Waals surface area contributed by atoms with Crippen LogP contribution in [0, 0.1) is 7.43 Å². The number of furan rings is 3. The fourth-order valence-electron chi connectivity index (χ4n) is 13.4. The predicted octanol–water partition coefficient (Wildman–Crippen LogP) is 16.1. The summed E-state index contributed by atoms with van der Waals surface area (Å²) in [6.07, 6.45) is 23.2. The summed E-state index contributed by atoms with van der Waals surface area (Å²) in [7, 11) is 14.5. The number of aryl methyl sites for hydroxylation is 6. The Labute approximate surface area is 732 Å². The molecule has 2 atom stereocenters. The number of hydrogen-bond donors (Lipinski definition) is 4. The minimum absolute atomic E-state index is 0. The Morgan fingerprint density at radius 3 is 1.33 bits per heavy atom.